The van der Waals surface area contributed by atoms with Crippen molar-refractivity contribution in [1.29, 1.82) is 0 Å². The largest absolute Gasteiger partial charge is 0.397 e. The van der Waals surface area contributed by atoms with E-state index < -0.39 is 0 Å². The van der Waals surface area contributed by atoms with Crippen molar-refractivity contribution in [1.82, 2.24) is 4.90 Å². The number of nitrogens with zero attached hydrogens (tertiary/aromatic N) is 2. The molecular weight excluding hydrogens is 325 g/mol. The van der Waals surface area contributed by atoms with Crippen molar-refractivity contribution >= 4 is 34.0 Å². The Morgan fingerprint density at radius 3 is 2.88 bits per heavy atom. The first-order chi connectivity index (χ1) is 8.08. The molecule has 3 nitrogen and oxygen atoms in total. The Kier molecular flexibility index (Phi) is 4.14. The van der Waals surface area contributed by atoms with E-state index in [1.807, 2.05) is 6.07 Å². The lowest BCUT2D eigenvalue weighted by Gasteiger charge is -2.37. The van der Waals surface area contributed by atoms with Crippen LogP contribution in [0.1, 0.15) is 12.8 Å². The highest BCUT2D eigenvalue weighted by atomic mass is 127. The standard InChI is InChI=1S/C13H20IN3/c1-16-7-3-4-11(9-16)17(2)13-6-5-10(14)8-12(13)15/h5-6,8,11H,3-4,7,9,15H2,1-2H3. The molecule has 1 aromatic rings. The van der Waals surface area contributed by atoms with E-state index in [0.29, 0.717) is 6.04 Å². The topological polar surface area (TPSA) is 32.5 Å². The van der Waals surface area contributed by atoms with Crippen molar-refractivity contribution < 1.29 is 0 Å². The SMILES string of the molecule is CN1CCCC(N(C)c2ccc(I)cc2N)C1. The molecule has 0 saturated carbocycles. The lowest BCUT2D eigenvalue weighted by molar-refractivity contribution is 0.248. The van der Waals surface area contributed by atoms with Gasteiger partial charge >= 0.3 is 0 Å². The number of piperidine rings is 1. The van der Waals surface area contributed by atoms with Crippen LogP contribution in [-0.4, -0.2) is 38.1 Å². The van der Waals surface area contributed by atoms with Gasteiger partial charge in [0.2, 0.25) is 0 Å². The molecular formula is C13H20IN3. The van der Waals surface area contributed by atoms with Gasteiger partial charge in [-0.05, 0) is 67.2 Å². The lowest BCUT2D eigenvalue weighted by atomic mass is 10.0. The van der Waals surface area contributed by atoms with Crippen LogP contribution in [0.15, 0.2) is 18.2 Å². The van der Waals surface area contributed by atoms with E-state index in [0.717, 1.165) is 17.9 Å². The van der Waals surface area contributed by atoms with Crippen LogP contribution in [0, 0.1) is 3.57 Å². The number of nitrogens with two attached hydrogens (primary N) is 1. The van der Waals surface area contributed by atoms with Gasteiger partial charge in [0.1, 0.15) is 0 Å². The summed E-state index contributed by atoms with van der Waals surface area (Å²) in [6.45, 7) is 2.34. The molecule has 17 heavy (non-hydrogen) atoms. The second kappa shape index (κ2) is 5.44. The quantitative estimate of drug-likeness (QED) is 0.660. The first-order valence-corrected chi connectivity index (χ1v) is 7.12. The molecule has 0 aliphatic carbocycles. The molecule has 0 amide bonds. The van der Waals surface area contributed by atoms with Crippen molar-refractivity contribution in [3.8, 4) is 0 Å². The number of rotatable bonds is 2. The summed E-state index contributed by atoms with van der Waals surface area (Å²) >= 11 is 2.30. The molecule has 1 aromatic carbocycles. The fourth-order valence-electron chi connectivity index (χ4n) is 2.50. The smallest absolute Gasteiger partial charge is 0.0601 e. The van der Waals surface area contributed by atoms with Crippen LogP contribution in [0.4, 0.5) is 11.4 Å². The average molecular weight is 345 g/mol. The molecule has 0 radical (unpaired) electrons. The van der Waals surface area contributed by atoms with Gasteiger partial charge in [0.15, 0.2) is 0 Å². The highest BCUT2D eigenvalue weighted by molar-refractivity contribution is 14.1. The highest BCUT2D eigenvalue weighted by Gasteiger charge is 2.22. The fraction of sp³-hybridized carbons (Fsp3) is 0.538. The van der Waals surface area contributed by atoms with Gasteiger partial charge in [-0.25, -0.2) is 0 Å². The number of anilines is 2. The second-order valence-corrected chi connectivity index (χ2v) is 6.12. The fourth-order valence-corrected chi connectivity index (χ4v) is 3.01. The number of halogens is 1. The van der Waals surface area contributed by atoms with Crippen LogP contribution in [0.3, 0.4) is 0 Å². The summed E-state index contributed by atoms with van der Waals surface area (Å²) in [7, 11) is 4.35. The van der Waals surface area contributed by atoms with E-state index in [2.05, 4.69) is 58.6 Å². The molecule has 1 saturated heterocycles. The molecule has 2 N–H and O–H groups in total. The molecule has 0 bridgehead atoms. The molecule has 0 aromatic heterocycles. The number of likely N-dealkylation sites (tertiary alicyclic amines) is 1. The van der Waals surface area contributed by atoms with Crippen molar-refractivity contribution in [2.75, 3.05) is 37.8 Å². The Morgan fingerprint density at radius 1 is 1.47 bits per heavy atom. The van der Waals surface area contributed by atoms with Gasteiger partial charge in [0.05, 0.1) is 11.4 Å². The number of hydrogen-bond donors (Lipinski definition) is 1. The van der Waals surface area contributed by atoms with E-state index >= 15 is 0 Å². The Balaban J connectivity index is 2.15. The summed E-state index contributed by atoms with van der Waals surface area (Å²) in [5.41, 5.74) is 8.14. The van der Waals surface area contributed by atoms with Crippen LogP contribution in [0.5, 0.6) is 0 Å². The zero-order chi connectivity index (χ0) is 12.4. The minimum Gasteiger partial charge on any atom is -0.397 e. The summed E-state index contributed by atoms with van der Waals surface area (Å²) in [5, 5.41) is 0. The molecule has 4 heteroatoms. The van der Waals surface area contributed by atoms with Crippen LogP contribution in [0.2, 0.25) is 0 Å². The summed E-state index contributed by atoms with van der Waals surface area (Å²) < 4.78 is 1.19. The normalized spacial score (nSPS) is 21.5. The number of nitrogen functional groups attached to an aromatic ring is 1. The van der Waals surface area contributed by atoms with Crippen LogP contribution in [-0.2, 0) is 0 Å². The van der Waals surface area contributed by atoms with Gasteiger partial charge in [-0.2, -0.15) is 0 Å². The minimum atomic E-state index is 0.580. The van der Waals surface area contributed by atoms with Gasteiger partial charge < -0.3 is 15.5 Å². The summed E-state index contributed by atoms with van der Waals surface area (Å²) in [6, 6.07) is 6.87. The van der Waals surface area contributed by atoms with Crippen LogP contribution < -0.4 is 10.6 Å². The molecule has 1 unspecified atom stereocenters. The Hall–Kier alpha value is -0.490. The highest BCUT2D eigenvalue weighted by Crippen LogP contribution is 2.27. The summed E-state index contributed by atoms with van der Waals surface area (Å²) in [5.74, 6) is 0. The van der Waals surface area contributed by atoms with Crippen LogP contribution >= 0.6 is 22.6 Å². The Morgan fingerprint density at radius 2 is 2.24 bits per heavy atom. The number of hydrogen-bond acceptors (Lipinski definition) is 3. The molecule has 0 spiro atoms. The Labute approximate surface area is 117 Å². The maximum Gasteiger partial charge on any atom is 0.0601 e. The third-order valence-corrected chi connectivity index (χ3v) is 4.19. The van der Waals surface area contributed by atoms with E-state index in [9.17, 15) is 0 Å². The third-order valence-electron chi connectivity index (χ3n) is 3.52. The molecule has 94 valence electrons. The second-order valence-electron chi connectivity index (χ2n) is 4.87. The lowest BCUT2D eigenvalue weighted by Crippen LogP contribution is -2.45. The van der Waals surface area contributed by atoms with Gasteiger partial charge in [-0.3, -0.25) is 0 Å². The first kappa shape index (κ1) is 13.0. The average Bonchev–Trinajstić information content (AvgIpc) is 2.28. The molecule has 1 aliphatic rings. The van der Waals surface area contributed by atoms with E-state index in [-0.39, 0.29) is 0 Å². The van der Waals surface area contributed by atoms with Gasteiger partial charge in [-0.1, -0.05) is 0 Å². The molecule has 2 rings (SSSR count). The molecule has 1 atom stereocenters. The third kappa shape index (κ3) is 3.04. The number of likely N-dealkylation sites (N-methyl/N-ethyl adjacent to an activating group) is 2. The van der Waals surface area contributed by atoms with E-state index in [4.69, 9.17) is 5.73 Å². The van der Waals surface area contributed by atoms with Crippen LogP contribution in [0.25, 0.3) is 0 Å². The zero-order valence-corrected chi connectivity index (χ0v) is 12.6. The van der Waals surface area contributed by atoms with E-state index in [1.54, 1.807) is 0 Å². The maximum atomic E-state index is 6.10. The zero-order valence-electron chi connectivity index (χ0n) is 10.5. The molecule has 1 aliphatic heterocycles. The maximum absolute atomic E-state index is 6.10. The van der Waals surface area contributed by atoms with E-state index in [1.165, 1.54) is 23.0 Å². The van der Waals surface area contributed by atoms with Crippen molar-refractivity contribution in [3.63, 3.8) is 0 Å². The van der Waals surface area contributed by atoms with Crippen molar-refractivity contribution in [2.24, 2.45) is 0 Å². The summed E-state index contributed by atoms with van der Waals surface area (Å²) in [4.78, 5) is 4.73. The van der Waals surface area contributed by atoms with Gasteiger partial charge in [-0.15, -0.1) is 0 Å². The first-order valence-electron chi connectivity index (χ1n) is 6.04. The van der Waals surface area contributed by atoms with Crippen molar-refractivity contribution in [2.45, 2.75) is 18.9 Å². The molecule has 1 fully saturated rings. The molecule has 1 heterocycles. The Bertz CT molecular complexity index is 394. The van der Waals surface area contributed by atoms with Gasteiger partial charge in [0, 0.05) is 23.2 Å². The van der Waals surface area contributed by atoms with Gasteiger partial charge in [0.25, 0.3) is 0 Å². The van der Waals surface area contributed by atoms with Crippen molar-refractivity contribution in [3.05, 3.63) is 21.8 Å². The predicted molar refractivity (Wildman–Crippen MR) is 82.5 cm³/mol. The number of benzene rings is 1. The monoisotopic (exact) mass is 345 g/mol. The predicted octanol–water partition coefficient (Wildman–Crippen LogP) is 2.40. The minimum absolute atomic E-state index is 0.580. The summed E-state index contributed by atoms with van der Waals surface area (Å²) in [6.07, 6.45) is 2.53.